The lowest BCUT2D eigenvalue weighted by molar-refractivity contribution is 0.00578. The quantitative estimate of drug-likeness (QED) is 0.473. The molecule has 3 rings (SSSR count). The molecule has 1 N–H and O–H groups in total. The number of carbonyl (C=O) groups is 2. The number of halogens is 1. The molecule has 180 valence electrons. The molecule has 2 aromatic carbocycles. The molecule has 0 spiro atoms. The van der Waals surface area contributed by atoms with Crippen LogP contribution in [-0.4, -0.2) is 44.0 Å². The molecule has 1 amide bonds. The third kappa shape index (κ3) is 6.24. The van der Waals surface area contributed by atoms with Crippen LogP contribution in [0.25, 0.3) is 6.08 Å². The maximum atomic E-state index is 14.2. The summed E-state index contributed by atoms with van der Waals surface area (Å²) >= 11 is 0. The first-order valence-corrected chi connectivity index (χ1v) is 10.9. The molecule has 1 heterocycles. The molecule has 1 aliphatic heterocycles. The Morgan fingerprint density at radius 3 is 2.32 bits per heavy atom. The van der Waals surface area contributed by atoms with Crippen molar-refractivity contribution in [1.82, 2.24) is 5.32 Å². The summed E-state index contributed by atoms with van der Waals surface area (Å²) in [4.78, 5) is 24.2. The molecule has 0 unspecified atom stereocenters. The van der Waals surface area contributed by atoms with Crippen LogP contribution >= 0.6 is 0 Å². The van der Waals surface area contributed by atoms with Crippen LogP contribution in [-0.2, 0) is 25.4 Å². The van der Waals surface area contributed by atoms with Crippen LogP contribution in [0.5, 0.6) is 0 Å². The minimum absolute atomic E-state index is 0.0223. The van der Waals surface area contributed by atoms with Gasteiger partial charge in [0.25, 0.3) is 0 Å². The van der Waals surface area contributed by atoms with Crippen LogP contribution in [0.15, 0.2) is 54.0 Å². The predicted octanol–water partition coefficient (Wildman–Crippen LogP) is 4.55. The summed E-state index contributed by atoms with van der Waals surface area (Å²) in [7, 11) is 0.424. The fraction of sp³-hybridized carbons (Fsp3) is 0.360. The van der Waals surface area contributed by atoms with E-state index in [4.69, 9.17) is 18.8 Å². The van der Waals surface area contributed by atoms with Crippen LogP contribution in [0.2, 0.25) is 0 Å². The second-order valence-electron chi connectivity index (χ2n) is 8.99. The maximum absolute atomic E-state index is 14.2. The molecule has 2 aromatic rings. The number of methoxy groups -OCH3 is 1. The smallest absolute Gasteiger partial charge is 0.465 e. The van der Waals surface area contributed by atoms with Crippen LogP contribution in [0, 0.1) is 5.82 Å². The Morgan fingerprint density at radius 2 is 1.71 bits per heavy atom. The fourth-order valence-electron chi connectivity index (χ4n) is 3.29. The Morgan fingerprint density at radius 1 is 1.06 bits per heavy atom. The van der Waals surface area contributed by atoms with Gasteiger partial charge in [0.1, 0.15) is 12.4 Å². The number of ether oxygens (including phenoxy) is 2. The molecule has 1 fully saturated rings. The normalized spacial score (nSPS) is 16.8. The van der Waals surface area contributed by atoms with E-state index < -0.39 is 36.2 Å². The van der Waals surface area contributed by atoms with Gasteiger partial charge in [-0.15, -0.1) is 0 Å². The molecule has 0 radical (unpaired) electrons. The van der Waals surface area contributed by atoms with Gasteiger partial charge in [-0.25, -0.2) is 14.0 Å². The Bertz CT molecular complexity index is 1050. The van der Waals surface area contributed by atoms with Crippen LogP contribution in [0.1, 0.15) is 49.2 Å². The van der Waals surface area contributed by atoms with E-state index in [0.717, 1.165) is 11.6 Å². The van der Waals surface area contributed by atoms with Gasteiger partial charge in [-0.2, -0.15) is 0 Å². The molecule has 7 nitrogen and oxygen atoms in total. The summed E-state index contributed by atoms with van der Waals surface area (Å²) in [6, 6.07) is 13.2. The van der Waals surface area contributed by atoms with Crippen LogP contribution < -0.4 is 5.32 Å². The third-order valence-electron chi connectivity index (χ3n) is 5.90. The molecule has 0 atom stereocenters. The molecule has 0 bridgehead atoms. The largest absolute Gasteiger partial charge is 0.492 e. The second kappa shape index (κ2) is 10.4. The molecule has 0 saturated carbocycles. The van der Waals surface area contributed by atoms with Crippen molar-refractivity contribution in [2.24, 2.45) is 0 Å². The Balaban J connectivity index is 1.81. The summed E-state index contributed by atoms with van der Waals surface area (Å²) < 4.78 is 36.4. The van der Waals surface area contributed by atoms with Gasteiger partial charge in [0.2, 0.25) is 0 Å². The van der Waals surface area contributed by atoms with E-state index >= 15 is 0 Å². The Labute approximate surface area is 199 Å². The lowest BCUT2D eigenvalue weighted by Crippen LogP contribution is -2.41. The lowest BCUT2D eigenvalue weighted by Gasteiger charge is -2.32. The van der Waals surface area contributed by atoms with E-state index in [0.29, 0.717) is 11.0 Å². The van der Waals surface area contributed by atoms with Gasteiger partial charge in [-0.3, -0.25) is 0 Å². The molecule has 0 aliphatic carbocycles. The van der Waals surface area contributed by atoms with Crippen LogP contribution in [0.4, 0.5) is 9.18 Å². The van der Waals surface area contributed by atoms with E-state index in [1.54, 1.807) is 6.08 Å². The van der Waals surface area contributed by atoms with Crippen molar-refractivity contribution >= 4 is 25.3 Å². The number of nitrogens with one attached hydrogen (secondary N) is 1. The SMILES string of the molecule is COC(=O)c1cc(F)cc(C=C(CNC(=O)OCc2ccccc2)B2OC(C)(C)C(C)(C)O2)c1. The Kier molecular flexibility index (Phi) is 7.79. The van der Waals surface area contributed by atoms with Crippen molar-refractivity contribution in [2.75, 3.05) is 13.7 Å². The molecule has 1 saturated heterocycles. The minimum atomic E-state index is -0.802. The number of alkyl carbamates (subject to hydrolysis) is 1. The van der Waals surface area contributed by atoms with Crippen molar-refractivity contribution in [3.05, 3.63) is 76.5 Å². The maximum Gasteiger partial charge on any atom is 0.492 e. The number of esters is 1. The van der Waals surface area contributed by atoms with Gasteiger partial charge >= 0.3 is 19.2 Å². The highest BCUT2D eigenvalue weighted by Crippen LogP contribution is 2.38. The average Bonchev–Trinajstić information content (AvgIpc) is 3.01. The highest BCUT2D eigenvalue weighted by atomic mass is 19.1. The number of amides is 1. The van der Waals surface area contributed by atoms with E-state index in [1.807, 2.05) is 58.0 Å². The zero-order chi connectivity index (χ0) is 24.9. The van der Waals surface area contributed by atoms with Gasteiger partial charge < -0.3 is 24.1 Å². The van der Waals surface area contributed by atoms with Crippen molar-refractivity contribution < 1.29 is 32.8 Å². The number of rotatable bonds is 7. The standard InChI is InChI=1S/C25H29BFNO6/c1-24(2)25(3,4)34-26(33-24)20(12-18-11-19(22(29)31-5)14-21(27)13-18)15-28-23(30)32-16-17-9-7-6-8-10-17/h6-14H,15-16H2,1-5H3,(H,28,30). The first-order valence-electron chi connectivity index (χ1n) is 10.9. The summed E-state index contributed by atoms with van der Waals surface area (Å²) in [5, 5.41) is 2.69. The topological polar surface area (TPSA) is 83.1 Å². The Hall–Kier alpha value is -3.17. The first kappa shape index (κ1) is 25.5. The van der Waals surface area contributed by atoms with Gasteiger partial charge in [0.15, 0.2) is 0 Å². The number of hydrogen-bond acceptors (Lipinski definition) is 6. The second-order valence-corrected chi connectivity index (χ2v) is 8.99. The summed E-state index contributed by atoms with van der Waals surface area (Å²) in [6.45, 7) is 7.77. The summed E-state index contributed by atoms with van der Waals surface area (Å²) in [5.41, 5.74) is 0.598. The number of carbonyl (C=O) groups excluding carboxylic acids is 2. The van der Waals surface area contributed by atoms with Crippen molar-refractivity contribution in [3.8, 4) is 0 Å². The molecule has 9 heteroatoms. The predicted molar refractivity (Wildman–Crippen MR) is 126 cm³/mol. The first-order chi connectivity index (χ1) is 16.0. The highest BCUT2D eigenvalue weighted by Gasteiger charge is 2.52. The number of benzene rings is 2. The zero-order valence-corrected chi connectivity index (χ0v) is 20.0. The lowest BCUT2D eigenvalue weighted by atomic mass is 9.77. The van der Waals surface area contributed by atoms with Gasteiger partial charge in [0, 0.05) is 6.54 Å². The molecule has 0 aromatic heterocycles. The van der Waals surface area contributed by atoms with Gasteiger partial charge in [-0.1, -0.05) is 36.4 Å². The van der Waals surface area contributed by atoms with E-state index in [1.165, 1.54) is 19.2 Å². The van der Waals surface area contributed by atoms with E-state index in [9.17, 15) is 14.0 Å². The summed E-state index contributed by atoms with van der Waals surface area (Å²) in [6.07, 6.45) is 0.996. The monoisotopic (exact) mass is 469 g/mol. The van der Waals surface area contributed by atoms with Crippen molar-refractivity contribution in [1.29, 1.82) is 0 Å². The number of hydrogen-bond donors (Lipinski definition) is 1. The average molecular weight is 469 g/mol. The van der Waals surface area contributed by atoms with E-state index in [-0.39, 0.29) is 18.7 Å². The fourth-order valence-corrected chi connectivity index (χ4v) is 3.29. The summed E-state index contributed by atoms with van der Waals surface area (Å²) in [5.74, 6) is -1.26. The highest BCUT2D eigenvalue weighted by molar-refractivity contribution is 6.56. The minimum Gasteiger partial charge on any atom is -0.465 e. The molecule has 34 heavy (non-hydrogen) atoms. The van der Waals surface area contributed by atoms with Crippen molar-refractivity contribution in [3.63, 3.8) is 0 Å². The molecular weight excluding hydrogens is 440 g/mol. The zero-order valence-electron chi connectivity index (χ0n) is 20.0. The van der Waals surface area contributed by atoms with Gasteiger partial charge in [-0.05, 0) is 62.5 Å². The van der Waals surface area contributed by atoms with Gasteiger partial charge in [0.05, 0.1) is 23.9 Å². The third-order valence-corrected chi connectivity index (χ3v) is 5.90. The van der Waals surface area contributed by atoms with Crippen molar-refractivity contribution in [2.45, 2.75) is 45.5 Å². The molecular formula is C25H29BFNO6. The van der Waals surface area contributed by atoms with Crippen LogP contribution in [0.3, 0.4) is 0 Å². The molecule has 1 aliphatic rings. The van der Waals surface area contributed by atoms with E-state index in [2.05, 4.69) is 5.32 Å².